The first-order valence-corrected chi connectivity index (χ1v) is 10.2. The summed E-state index contributed by atoms with van der Waals surface area (Å²) in [4.78, 5) is 15.1. The van der Waals surface area contributed by atoms with Crippen LogP contribution in [0.2, 0.25) is 0 Å². The maximum Gasteiger partial charge on any atom is 0.435 e. The molecule has 0 aliphatic rings. The third-order valence-electron chi connectivity index (χ3n) is 5.47. The molecule has 0 bridgehead atoms. The molecule has 4 rings (SSSR count). The molecule has 0 saturated heterocycles. The molecule has 0 fully saturated rings. The average Bonchev–Trinajstić information content (AvgIpc) is 3.22. The first kappa shape index (κ1) is 23.1. The average molecular weight is 468 g/mol. The van der Waals surface area contributed by atoms with Gasteiger partial charge in [-0.3, -0.25) is 19.8 Å². The predicted molar refractivity (Wildman–Crippen MR) is 119 cm³/mol. The zero-order valence-corrected chi connectivity index (χ0v) is 17.9. The summed E-state index contributed by atoms with van der Waals surface area (Å²) in [6.07, 6.45) is -2.32. The predicted octanol–water partition coefficient (Wildman–Crippen LogP) is 5.35. The number of aliphatic hydroxyl groups is 1. The Morgan fingerprint density at radius 2 is 1.62 bits per heavy atom. The van der Waals surface area contributed by atoms with Crippen LogP contribution in [-0.2, 0) is 19.6 Å². The molecule has 2 heterocycles. The fourth-order valence-electron chi connectivity index (χ4n) is 3.71. The number of nitro benzene ring substituents is 1. The van der Waals surface area contributed by atoms with Gasteiger partial charge < -0.3 is 5.11 Å². The molecule has 0 amide bonds. The zero-order valence-electron chi connectivity index (χ0n) is 17.9. The van der Waals surface area contributed by atoms with Crippen LogP contribution in [0.1, 0.15) is 22.9 Å². The van der Waals surface area contributed by atoms with E-state index in [-0.39, 0.29) is 28.9 Å². The summed E-state index contributed by atoms with van der Waals surface area (Å²) in [5, 5.41) is 25.8. The van der Waals surface area contributed by atoms with Crippen LogP contribution in [0.3, 0.4) is 0 Å². The molecule has 4 aromatic rings. The van der Waals surface area contributed by atoms with Gasteiger partial charge in [-0.05, 0) is 34.9 Å². The van der Waals surface area contributed by atoms with Crippen molar-refractivity contribution in [1.82, 2.24) is 14.8 Å². The van der Waals surface area contributed by atoms with Crippen molar-refractivity contribution in [3.63, 3.8) is 0 Å². The molecule has 0 spiro atoms. The van der Waals surface area contributed by atoms with E-state index in [2.05, 4.69) is 10.1 Å². The van der Waals surface area contributed by atoms with E-state index in [0.717, 1.165) is 21.9 Å². The Labute approximate surface area is 192 Å². The Balaban J connectivity index is 1.59. The van der Waals surface area contributed by atoms with Gasteiger partial charge in [0.05, 0.1) is 16.7 Å². The summed E-state index contributed by atoms with van der Waals surface area (Å²) in [5.41, 5.74) is 1.68. The third kappa shape index (κ3) is 4.81. The van der Waals surface area contributed by atoms with Gasteiger partial charge >= 0.3 is 6.18 Å². The fourth-order valence-corrected chi connectivity index (χ4v) is 3.71. The minimum Gasteiger partial charge on any atom is -0.388 e. The van der Waals surface area contributed by atoms with Crippen LogP contribution in [-0.4, -0.2) is 24.8 Å². The highest BCUT2D eigenvalue weighted by atomic mass is 19.4. The van der Waals surface area contributed by atoms with Gasteiger partial charge in [0.2, 0.25) is 0 Å². The molecule has 0 saturated carbocycles. The zero-order chi connectivity index (χ0) is 24.5. The van der Waals surface area contributed by atoms with Crippen LogP contribution in [0.4, 0.5) is 18.9 Å². The summed E-state index contributed by atoms with van der Waals surface area (Å²) in [7, 11) is 1.34. The lowest BCUT2D eigenvalue weighted by atomic mass is 9.96. The van der Waals surface area contributed by atoms with Crippen molar-refractivity contribution in [1.29, 1.82) is 0 Å². The normalized spacial score (nSPS) is 12.5. The minimum atomic E-state index is -4.63. The monoisotopic (exact) mass is 468 g/mol. The Morgan fingerprint density at radius 1 is 1.00 bits per heavy atom. The Hall–Kier alpha value is -4.05. The van der Waals surface area contributed by atoms with Gasteiger partial charge in [0.25, 0.3) is 5.69 Å². The number of hydrogen-bond donors (Lipinski definition) is 1. The molecule has 2 aromatic carbocycles. The highest BCUT2D eigenvalue weighted by molar-refractivity contribution is 5.66. The van der Waals surface area contributed by atoms with E-state index in [4.69, 9.17) is 0 Å². The van der Waals surface area contributed by atoms with Crippen molar-refractivity contribution >= 4 is 5.69 Å². The lowest BCUT2D eigenvalue weighted by molar-refractivity contribution is -0.385. The number of pyridine rings is 1. The van der Waals surface area contributed by atoms with E-state index in [0.29, 0.717) is 5.56 Å². The summed E-state index contributed by atoms with van der Waals surface area (Å²) >= 11 is 0. The van der Waals surface area contributed by atoms with Gasteiger partial charge in [0.1, 0.15) is 0 Å². The van der Waals surface area contributed by atoms with Gasteiger partial charge in [-0.25, -0.2) is 0 Å². The van der Waals surface area contributed by atoms with E-state index < -0.39 is 22.9 Å². The Morgan fingerprint density at radius 3 is 2.21 bits per heavy atom. The number of hydrogen-bond acceptors (Lipinski definition) is 5. The number of aliphatic hydroxyl groups excluding tert-OH is 1. The molecular weight excluding hydrogens is 449 g/mol. The molecular formula is C24H19F3N4O3. The summed E-state index contributed by atoms with van der Waals surface area (Å²) in [6.45, 7) is 0. The first-order chi connectivity index (χ1) is 16.1. The smallest absolute Gasteiger partial charge is 0.388 e. The van der Waals surface area contributed by atoms with Gasteiger partial charge in [0.15, 0.2) is 5.69 Å². The molecule has 1 N–H and O–H groups in total. The highest BCUT2D eigenvalue weighted by Crippen LogP contribution is 2.34. The van der Waals surface area contributed by atoms with Crippen molar-refractivity contribution in [3.05, 3.63) is 100.0 Å². The van der Waals surface area contributed by atoms with Gasteiger partial charge in [-0.2, -0.15) is 18.3 Å². The molecule has 34 heavy (non-hydrogen) atoms. The first-order valence-electron chi connectivity index (χ1n) is 10.2. The summed E-state index contributed by atoms with van der Waals surface area (Å²) in [5.74, 6) is 0. The number of benzene rings is 2. The van der Waals surface area contributed by atoms with Crippen molar-refractivity contribution in [2.75, 3.05) is 0 Å². The molecule has 0 aliphatic heterocycles. The third-order valence-corrected chi connectivity index (χ3v) is 5.47. The van der Waals surface area contributed by atoms with E-state index in [1.165, 1.54) is 25.2 Å². The van der Waals surface area contributed by atoms with Crippen molar-refractivity contribution in [2.45, 2.75) is 18.7 Å². The summed E-state index contributed by atoms with van der Waals surface area (Å²) < 4.78 is 40.0. The van der Waals surface area contributed by atoms with Crippen LogP contribution in [0.15, 0.2) is 73.1 Å². The number of nitrogens with zero attached hydrogens (tertiary/aromatic N) is 4. The van der Waals surface area contributed by atoms with Crippen LogP contribution >= 0.6 is 0 Å². The van der Waals surface area contributed by atoms with E-state index in [9.17, 15) is 28.4 Å². The number of nitro groups is 1. The number of rotatable bonds is 6. The number of alkyl halides is 3. The molecule has 174 valence electrons. The second-order valence-corrected chi connectivity index (χ2v) is 7.71. The molecule has 0 aliphatic carbocycles. The number of aromatic nitrogens is 3. The van der Waals surface area contributed by atoms with Gasteiger partial charge in [-0.1, -0.05) is 36.4 Å². The van der Waals surface area contributed by atoms with E-state index >= 15 is 0 Å². The lowest BCUT2D eigenvalue weighted by Gasteiger charge is -2.13. The maximum absolute atomic E-state index is 13.0. The van der Waals surface area contributed by atoms with E-state index in [1.54, 1.807) is 24.5 Å². The number of halogens is 3. The molecule has 10 heteroatoms. The SMILES string of the molecule is Cn1nc(C(F)(F)F)cc1-c1ccc(CC(O)c2ccc(-c3ccncc3)cc2)c([N+](=O)[O-])c1. The minimum absolute atomic E-state index is 0.0373. The lowest BCUT2D eigenvalue weighted by Crippen LogP contribution is -2.06. The largest absolute Gasteiger partial charge is 0.435 e. The Bertz CT molecular complexity index is 1320. The van der Waals surface area contributed by atoms with Crippen LogP contribution in [0.5, 0.6) is 0 Å². The van der Waals surface area contributed by atoms with Gasteiger partial charge in [0, 0.05) is 43.1 Å². The number of aryl methyl sites for hydroxylation is 1. The topological polar surface area (TPSA) is 94.1 Å². The second kappa shape index (κ2) is 9.06. The van der Waals surface area contributed by atoms with Gasteiger partial charge in [-0.15, -0.1) is 0 Å². The van der Waals surface area contributed by atoms with E-state index in [1.807, 2.05) is 24.3 Å². The quantitative estimate of drug-likeness (QED) is 0.304. The molecule has 1 atom stereocenters. The summed E-state index contributed by atoms with van der Waals surface area (Å²) in [6, 6.07) is 15.9. The van der Waals surface area contributed by atoms with Crippen LogP contribution in [0.25, 0.3) is 22.4 Å². The second-order valence-electron chi connectivity index (χ2n) is 7.71. The fraction of sp³-hybridized carbons (Fsp3) is 0.167. The van der Waals surface area contributed by atoms with Crippen molar-refractivity contribution < 1.29 is 23.2 Å². The van der Waals surface area contributed by atoms with Crippen molar-refractivity contribution in [2.24, 2.45) is 7.05 Å². The molecule has 2 aromatic heterocycles. The maximum atomic E-state index is 13.0. The Kier molecular flexibility index (Phi) is 6.16. The molecule has 7 nitrogen and oxygen atoms in total. The van der Waals surface area contributed by atoms with Crippen molar-refractivity contribution in [3.8, 4) is 22.4 Å². The molecule has 1 unspecified atom stereocenters. The molecule has 0 radical (unpaired) electrons. The highest BCUT2D eigenvalue weighted by Gasteiger charge is 2.35. The standard InChI is InChI=1S/C24H19F3N4O3/c1-30-20(14-23(29-30)24(25,26)27)18-6-7-19(21(12-18)31(33)34)13-22(32)17-4-2-15(3-5-17)16-8-10-28-11-9-16/h2-12,14,22,32H,13H2,1H3. The van der Waals surface area contributed by atoms with Crippen LogP contribution < -0.4 is 0 Å². The van der Waals surface area contributed by atoms with Crippen LogP contribution in [0, 0.1) is 10.1 Å².